The molecule has 0 aliphatic heterocycles. The third-order valence-corrected chi connectivity index (χ3v) is 1.56. The van der Waals surface area contributed by atoms with Gasteiger partial charge in [-0.1, -0.05) is 6.07 Å². The Morgan fingerprint density at radius 2 is 2.17 bits per heavy atom. The summed E-state index contributed by atoms with van der Waals surface area (Å²) >= 11 is 5.21. The molecule has 64 valence electrons. The zero-order valence-electron chi connectivity index (χ0n) is 5.91. The van der Waals surface area contributed by atoms with Crippen LogP contribution < -0.4 is 4.84 Å². The highest BCUT2D eigenvalue weighted by atomic mass is 35.5. The van der Waals surface area contributed by atoms with Crippen molar-refractivity contribution in [3.63, 3.8) is 0 Å². The van der Waals surface area contributed by atoms with Crippen molar-refractivity contribution in [3.05, 3.63) is 23.8 Å². The molecule has 1 rings (SSSR count). The van der Waals surface area contributed by atoms with E-state index in [1.807, 2.05) is 0 Å². The Bertz CT molecular complexity index is 314. The molecule has 0 radical (unpaired) electrons. The molecule has 0 saturated heterocycles. The van der Waals surface area contributed by atoms with Crippen LogP contribution in [0.3, 0.4) is 0 Å². The van der Waals surface area contributed by atoms with Crippen molar-refractivity contribution >= 4 is 23.4 Å². The average Bonchev–Trinajstić information content (AvgIpc) is 2.03. The second-order valence-electron chi connectivity index (χ2n) is 2.10. The number of nitrogens with one attached hydrogen (secondary N) is 1. The number of halogens is 1. The summed E-state index contributed by atoms with van der Waals surface area (Å²) in [7, 11) is 0. The highest BCUT2D eigenvalue weighted by Gasteiger charge is 2.11. The number of aromatic carboxylic acids is 1. The van der Waals surface area contributed by atoms with Gasteiger partial charge in [-0.2, -0.15) is 0 Å². The lowest BCUT2D eigenvalue weighted by Crippen LogP contribution is -1.99. The quantitative estimate of drug-likeness (QED) is 0.487. The van der Waals surface area contributed by atoms with E-state index in [-0.39, 0.29) is 17.0 Å². The second kappa shape index (κ2) is 3.32. The number of hydrogen-bond donors (Lipinski definition) is 3. The van der Waals surface area contributed by atoms with Gasteiger partial charge in [0.25, 0.3) is 0 Å². The van der Waals surface area contributed by atoms with Crippen molar-refractivity contribution in [2.75, 3.05) is 4.84 Å². The number of carboxylic acid groups (broad SMARTS) is 1. The number of anilines is 1. The van der Waals surface area contributed by atoms with Crippen LogP contribution in [0, 0.1) is 0 Å². The molecule has 0 amide bonds. The number of hydrogen-bond acceptors (Lipinski definition) is 3. The number of phenolic OH excluding ortho intramolecular Hbond substituents is 1. The number of carboxylic acids is 1. The first-order chi connectivity index (χ1) is 5.66. The lowest BCUT2D eigenvalue weighted by molar-refractivity contribution is 0.0697. The van der Waals surface area contributed by atoms with Crippen LogP contribution in [0.25, 0.3) is 0 Å². The third-order valence-electron chi connectivity index (χ3n) is 1.37. The van der Waals surface area contributed by atoms with Gasteiger partial charge in [-0.25, -0.2) is 4.79 Å². The lowest BCUT2D eigenvalue weighted by atomic mass is 10.2. The van der Waals surface area contributed by atoms with Gasteiger partial charge in [0.15, 0.2) is 0 Å². The van der Waals surface area contributed by atoms with Crippen LogP contribution in [0.2, 0.25) is 0 Å². The molecule has 0 fully saturated rings. The maximum atomic E-state index is 10.5. The first-order valence-corrected chi connectivity index (χ1v) is 3.46. The van der Waals surface area contributed by atoms with E-state index in [0.717, 1.165) is 0 Å². The van der Waals surface area contributed by atoms with Crippen LogP contribution in [-0.4, -0.2) is 16.2 Å². The Morgan fingerprint density at radius 1 is 1.50 bits per heavy atom. The molecule has 1 aromatic rings. The summed E-state index contributed by atoms with van der Waals surface area (Å²) in [6.45, 7) is 0. The summed E-state index contributed by atoms with van der Waals surface area (Å²) < 4.78 is 0. The monoisotopic (exact) mass is 187 g/mol. The summed E-state index contributed by atoms with van der Waals surface area (Å²) in [4.78, 5) is 12.6. The maximum Gasteiger partial charge on any atom is 0.337 e. The van der Waals surface area contributed by atoms with E-state index in [1.54, 1.807) is 0 Å². The largest absolute Gasteiger partial charge is 0.506 e. The highest BCUT2D eigenvalue weighted by molar-refractivity contribution is 6.25. The molecule has 0 aliphatic carbocycles. The number of phenols is 1. The molecule has 0 saturated carbocycles. The lowest BCUT2D eigenvalue weighted by Gasteiger charge is -2.04. The number of rotatable bonds is 2. The Labute approximate surface area is 73.5 Å². The minimum absolute atomic E-state index is 0.00617. The first-order valence-electron chi connectivity index (χ1n) is 3.08. The molecule has 1 aromatic carbocycles. The molecule has 5 heteroatoms. The molecule has 3 N–H and O–H groups in total. The fourth-order valence-electron chi connectivity index (χ4n) is 0.818. The van der Waals surface area contributed by atoms with Crippen molar-refractivity contribution in [1.29, 1.82) is 0 Å². The fourth-order valence-corrected chi connectivity index (χ4v) is 1.02. The van der Waals surface area contributed by atoms with Gasteiger partial charge in [0.1, 0.15) is 11.4 Å². The SMILES string of the molecule is O=C(O)c1cccc(O)c1NCl. The average molecular weight is 188 g/mol. The minimum Gasteiger partial charge on any atom is -0.506 e. The highest BCUT2D eigenvalue weighted by Crippen LogP contribution is 2.27. The van der Waals surface area contributed by atoms with Crippen molar-refractivity contribution in [1.82, 2.24) is 0 Å². The van der Waals surface area contributed by atoms with Crippen molar-refractivity contribution < 1.29 is 15.0 Å². The first kappa shape index (κ1) is 8.67. The van der Waals surface area contributed by atoms with Gasteiger partial charge in [0.2, 0.25) is 0 Å². The van der Waals surface area contributed by atoms with Crippen LogP contribution >= 0.6 is 11.8 Å². The fraction of sp³-hybridized carbons (Fsp3) is 0. The van der Waals surface area contributed by atoms with E-state index in [2.05, 4.69) is 4.84 Å². The standard InChI is InChI=1S/C7H6ClNO3/c8-9-6-4(7(11)12)2-1-3-5(6)10/h1-3,9-10H,(H,11,12). The second-order valence-corrected chi connectivity index (χ2v) is 2.29. The van der Waals surface area contributed by atoms with Gasteiger partial charge in [-0.05, 0) is 12.1 Å². The predicted molar refractivity (Wildman–Crippen MR) is 44.5 cm³/mol. The van der Waals surface area contributed by atoms with Crippen molar-refractivity contribution in [2.45, 2.75) is 0 Å². The molecule has 0 bridgehead atoms. The minimum atomic E-state index is -1.14. The topological polar surface area (TPSA) is 69.6 Å². The van der Waals surface area contributed by atoms with Gasteiger partial charge in [-0.3, -0.25) is 4.84 Å². The summed E-state index contributed by atoms with van der Waals surface area (Å²) in [5.74, 6) is -1.33. The Morgan fingerprint density at radius 3 is 2.58 bits per heavy atom. The molecule has 0 aromatic heterocycles. The zero-order chi connectivity index (χ0) is 9.14. The smallest absolute Gasteiger partial charge is 0.337 e. The normalized spacial score (nSPS) is 9.42. The summed E-state index contributed by atoms with van der Waals surface area (Å²) in [5, 5.41) is 17.7. The van der Waals surface area contributed by atoms with Crippen molar-refractivity contribution in [3.8, 4) is 5.75 Å². The van der Waals surface area contributed by atoms with E-state index in [9.17, 15) is 4.79 Å². The molecule has 0 spiro atoms. The van der Waals surface area contributed by atoms with Gasteiger partial charge in [0, 0.05) is 11.8 Å². The molecule has 12 heavy (non-hydrogen) atoms. The van der Waals surface area contributed by atoms with Crippen LogP contribution in [0.5, 0.6) is 5.75 Å². The van der Waals surface area contributed by atoms with Crippen LogP contribution in [0.4, 0.5) is 5.69 Å². The van der Waals surface area contributed by atoms with E-state index >= 15 is 0 Å². The van der Waals surface area contributed by atoms with E-state index in [4.69, 9.17) is 22.0 Å². The predicted octanol–water partition coefficient (Wildman–Crippen LogP) is 1.66. The van der Waals surface area contributed by atoms with Crippen LogP contribution in [0.1, 0.15) is 10.4 Å². The van der Waals surface area contributed by atoms with Gasteiger partial charge in [-0.15, -0.1) is 0 Å². The Hall–Kier alpha value is -1.42. The van der Waals surface area contributed by atoms with E-state index < -0.39 is 5.97 Å². The molecule has 4 nitrogen and oxygen atoms in total. The molecule has 0 atom stereocenters. The maximum absolute atomic E-state index is 10.5. The van der Waals surface area contributed by atoms with Crippen LogP contribution in [0.15, 0.2) is 18.2 Å². The van der Waals surface area contributed by atoms with E-state index in [1.165, 1.54) is 18.2 Å². The van der Waals surface area contributed by atoms with Crippen LogP contribution in [-0.2, 0) is 0 Å². The molecular weight excluding hydrogens is 182 g/mol. The number of para-hydroxylation sites is 1. The molecule has 0 unspecified atom stereocenters. The zero-order valence-corrected chi connectivity index (χ0v) is 6.67. The molecule has 0 heterocycles. The Kier molecular flexibility index (Phi) is 2.40. The number of benzene rings is 1. The van der Waals surface area contributed by atoms with Gasteiger partial charge < -0.3 is 10.2 Å². The third kappa shape index (κ3) is 1.43. The molecule has 0 aliphatic rings. The van der Waals surface area contributed by atoms with Gasteiger partial charge in [0.05, 0.1) is 5.56 Å². The summed E-state index contributed by atoms with van der Waals surface area (Å²) in [6.07, 6.45) is 0. The van der Waals surface area contributed by atoms with Gasteiger partial charge >= 0.3 is 5.97 Å². The number of aromatic hydroxyl groups is 1. The molecular formula is C7H6ClNO3. The summed E-state index contributed by atoms with van der Waals surface area (Å²) in [6, 6.07) is 4.11. The van der Waals surface area contributed by atoms with Crippen molar-refractivity contribution in [2.24, 2.45) is 0 Å². The Balaban J connectivity index is 3.27. The number of carbonyl (C=O) groups is 1. The summed E-state index contributed by atoms with van der Waals surface area (Å²) in [5.41, 5.74) is -0.0586. The van der Waals surface area contributed by atoms with E-state index in [0.29, 0.717) is 0 Å².